The van der Waals surface area contributed by atoms with Gasteiger partial charge in [-0.15, -0.1) is 11.8 Å². The Morgan fingerprint density at radius 3 is 2.67 bits per heavy atom. The van der Waals surface area contributed by atoms with E-state index in [2.05, 4.69) is 30.8 Å². The Hall–Kier alpha value is -4.99. The number of rotatable bonds is 14. The minimum atomic E-state index is -0.635. The second-order valence-corrected chi connectivity index (χ2v) is 15.2. The van der Waals surface area contributed by atoms with Crippen LogP contribution in [0.3, 0.4) is 0 Å². The average molecular weight is 790 g/mol. The predicted octanol–water partition coefficient (Wildman–Crippen LogP) is 5.47. The molecule has 3 aromatic carbocycles. The van der Waals surface area contributed by atoms with Gasteiger partial charge in [0.2, 0.25) is 17.7 Å². The molecule has 3 aliphatic rings. The molecule has 2 saturated heterocycles. The SMILES string of the molecule is COc1cc2ncnc(Nc3ccc(F)c(Cl)c3)c2cc1OC1CCN(CC(=O)NCCCCSc2cccc3c2CN(C2CCC(=O)NC2=O)C3=O)CC1. The van der Waals surface area contributed by atoms with Gasteiger partial charge in [-0.25, -0.2) is 14.4 Å². The van der Waals surface area contributed by atoms with Crippen LogP contribution in [0.1, 0.15) is 54.4 Å². The van der Waals surface area contributed by atoms with Gasteiger partial charge in [0.05, 0.1) is 24.2 Å². The van der Waals surface area contributed by atoms with Gasteiger partial charge in [-0.3, -0.25) is 29.4 Å². The summed E-state index contributed by atoms with van der Waals surface area (Å²) >= 11 is 7.65. The van der Waals surface area contributed by atoms with Gasteiger partial charge in [-0.05, 0) is 79.8 Å². The van der Waals surface area contributed by atoms with Crippen molar-refractivity contribution in [3.8, 4) is 11.5 Å². The van der Waals surface area contributed by atoms with E-state index in [0.29, 0.717) is 78.6 Å². The lowest BCUT2D eigenvalue weighted by atomic mass is 10.0. The van der Waals surface area contributed by atoms with E-state index < -0.39 is 17.8 Å². The van der Waals surface area contributed by atoms with Crippen LogP contribution in [0.25, 0.3) is 10.9 Å². The Morgan fingerprint density at radius 2 is 1.89 bits per heavy atom. The highest BCUT2D eigenvalue weighted by molar-refractivity contribution is 7.99. The van der Waals surface area contributed by atoms with E-state index in [1.165, 1.54) is 18.5 Å². The minimum absolute atomic E-state index is 0.000210. The third-order valence-corrected chi connectivity index (χ3v) is 11.5. The molecular weight excluding hydrogens is 749 g/mol. The average Bonchev–Trinajstić information content (AvgIpc) is 3.51. The Bertz CT molecular complexity index is 2120. The summed E-state index contributed by atoms with van der Waals surface area (Å²) in [6.07, 6.45) is 5.08. The first-order valence-corrected chi connectivity index (χ1v) is 19.6. The molecule has 16 heteroatoms. The lowest BCUT2D eigenvalue weighted by Crippen LogP contribution is -2.52. The maximum absolute atomic E-state index is 13.7. The van der Waals surface area contributed by atoms with E-state index in [1.54, 1.807) is 42.0 Å². The molecule has 13 nitrogen and oxygen atoms in total. The minimum Gasteiger partial charge on any atom is -0.493 e. The molecule has 4 amide bonds. The molecule has 0 aliphatic carbocycles. The van der Waals surface area contributed by atoms with Crippen LogP contribution in [0, 0.1) is 5.82 Å². The van der Waals surface area contributed by atoms with Crippen molar-refractivity contribution in [1.82, 2.24) is 30.4 Å². The van der Waals surface area contributed by atoms with Gasteiger partial charge >= 0.3 is 0 Å². The number of amides is 4. The monoisotopic (exact) mass is 789 g/mol. The summed E-state index contributed by atoms with van der Waals surface area (Å²) in [6, 6.07) is 13.0. The molecule has 55 heavy (non-hydrogen) atoms. The summed E-state index contributed by atoms with van der Waals surface area (Å²) in [4.78, 5) is 63.4. The summed E-state index contributed by atoms with van der Waals surface area (Å²) in [5.74, 6) is 1.01. The number of thioether (sulfide) groups is 1. The number of hydrogen-bond acceptors (Lipinski definition) is 11. The zero-order valence-corrected chi connectivity index (χ0v) is 31.8. The molecule has 0 radical (unpaired) electrons. The molecular formula is C39H41ClFN7O6S. The van der Waals surface area contributed by atoms with E-state index in [-0.39, 0.29) is 35.3 Å². The van der Waals surface area contributed by atoms with Crippen LogP contribution in [0.15, 0.2) is 59.8 Å². The number of nitrogens with one attached hydrogen (secondary N) is 3. The van der Waals surface area contributed by atoms with Crippen LogP contribution in [-0.4, -0.2) is 94.6 Å². The van der Waals surface area contributed by atoms with E-state index in [1.807, 2.05) is 18.2 Å². The first-order valence-electron chi connectivity index (χ1n) is 18.3. The maximum atomic E-state index is 13.7. The van der Waals surface area contributed by atoms with Crippen molar-refractivity contribution in [3.05, 3.63) is 76.8 Å². The number of nitrogens with zero attached hydrogens (tertiary/aromatic N) is 4. The van der Waals surface area contributed by atoms with Gasteiger partial charge in [0.15, 0.2) is 11.5 Å². The summed E-state index contributed by atoms with van der Waals surface area (Å²) in [7, 11) is 1.58. The summed E-state index contributed by atoms with van der Waals surface area (Å²) in [5, 5.41) is 9.28. The topological polar surface area (TPSA) is 155 Å². The number of likely N-dealkylation sites (tertiary alicyclic amines) is 1. The Morgan fingerprint density at radius 1 is 1.05 bits per heavy atom. The number of ether oxygens (including phenoxy) is 2. The second kappa shape index (κ2) is 17.2. The van der Waals surface area contributed by atoms with E-state index in [9.17, 15) is 23.6 Å². The smallest absolute Gasteiger partial charge is 0.255 e. The molecule has 1 unspecified atom stereocenters. The number of anilines is 2. The number of aromatic nitrogens is 2. The molecule has 7 rings (SSSR count). The van der Waals surface area contributed by atoms with Crippen molar-refractivity contribution < 1.29 is 33.0 Å². The van der Waals surface area contributed by atoms with Crippen LogP contribution in [0.5, 0.6) is 11.5 Å². The van der Waals surface area contributed by atoms with E-state index in [4.69, 9.17) is 21.1 Å². The van der Waals surface area contributed by atoms with Gasteiger partial charge in [0.1, 0.15) is 30.1 Å². The number of unbranched alkanes of at least 4 members (excludes halogenated alkanes) is 1. The Balaban J connectivity index is 0.835. The fourth-order valence-corrected chi connectivity index (χ4v) is 8.35. The summed E-state index contributed by atoms with van der Waals surface area (Å²) < 4.78 is 25.8. The van der Waals surface area contributed by atoms with Gasteiger partial charge in [0, 0.05) is 60.2 Å². The number of carbonyl (C=O) groups is 4. The van der Waals surface area contributed by atoms with Gasteiger partial charge in [-0.2, -0.15) is 0 Å². The number of hydrogen-bond donors (Lipinski definition) is 3. The number of imide groups is 1. The van der Waals surface area contributed by atoms with Crippen molar-refractivity contribution in [2.45, 2.75) is 62.1 Å². The lowest BCUT2D eigenvalue weighted by Gasteiger charge is -2.32. The number of piperidine rings is 2. The van der Waals surface area contributed by atoms with Crippen LogP contribution in [0.4, 0.5) is 15.9 Å². The molecule has 0 bridgehead atoms. The highest BCUT2D eigenvalue weighted by Crippen LogP contribution is 2.37. The largest absolute Gasteiger partial charge is 0.493 e. The van der Waals surface area contributed by atoms with Gasteiger partial charge in [0.25, 0.3) is 5.91 Å². The van der Waals surface area contributed by atoms with Crippen molar-refractivity contribution in [2.75, 3.05) is 44.4 Å². The van der Waals surface area contributed by atoms with Crippen LogP contribution < -0.4 is 25.4 Å². The first kappa shape index (κ1) is 38.3. The molecule has 3 aliphatic heterocycles. The number of methoxy groups -OCH3 is 1. The molecule has 4 aromatic rings. The normalized spacial score (nSPS) is 17.6. The fraction of sp³-hybridized carbons (Fsp3) is 0.385. The number of fused-ring (bicyclic) bond motifs is 2. The molecule has 2 fully saturated rings. The summed E-state index contributed by atoms with van der Waals surface area (Å²) in [6.45, 7) is 2.65. The number of benzene rings is 3. The number of halogens is 2. The van der Waals surface area contributed by atoms with E-state index >= 15 is 0 Å². The van der Waals surface area contributed by atoms with Gasteiger partial charge < -0.3 is 25.0 Å². The lowest BCUT2D eigenvalue weighted by molar-refractivity contribution is -0.137. The Kier molecular flexibility index (Phi) is 12.0. The molecule has 1 atom stereocenters. The molecule has 0 saturated carbocycles. The summed E-state index contributed by atoms with van der Waals surface area (Å²) in [5.41, 5.74) is 2.75. The predicted molar refractivity (Wildman–Crippen MR) is 206 cm³/mol. The maximum Gasteiger partial charge on any atom is 0.255 e. The highest BCUT2D eigenvalue weighted by atomic mass is 35.5. The fourth-order valence-electron chi connectivity index (χ4n) is 7.08. The molecule has 0 spiro atoms. The van der Waals surface area contributed by atoms with Crippen molar-refractivity contribution >= 4 is 69.4 Å². The Labute approximate surface area is 326 Å². The molecule has 4 heterocycles. The van der Waals surface area contributed by atoms with Crippen LogP contribution in [0.2, 0.25) is 5.02 Å². The van der Waals surface area contributed by atoms with Crippen LogP contribution >= 0.6 is 23.4 Å². The molecule has 288 valence electrons. The standard InChI is InChI=1S/C39H41ClFN7O6S/c1-53-32-19-30-26(37(44-22-43-30)45-23-7-8-29(41)28(40)17-23)18-33(32)54-24-11-14-47(15-12-24)21-36(50)42-13-2-3-16-55-34-6-4-5-25-27(34)20-48(39(25)52)31-9-10-35(49)46-38(31)51/h4-8,17-19,22,24,31H,2-3,9-16,20-21H2,1H3,(H,42,50)(H,43,44,45)(H,46,49,51). The molecule has 1 aromatic heterocycles. The zero-order chi connectivity index (χ0) is 38.5. The van der Waals surface area contributed by atoms with E-state index in [0.717, 1.165) is 41.9 Å². The van der Waals surface area contributed by atoms with Crippen LogP contribution in [-0.2, 0) is 20.9 Å². The first-order chi connectivity index (χ1) is 26.7. The quantitative estimate of drug-likeness (QED) is 0.0847. The van der Waals surface area contributed by atoms with Crippen molar-refractivity contribution in [3.63, 3.8) is 0 Å². The van der Waals surface area contributed by atoms with Crippen molar-refractivity contribution in [1.29, 1.82) is 0 Å². The van der Waals surface area contributed by atoms with Gasteiger partial charge in [-0.1, -0.05) is 17.7 Å². The second-order valence-electron chi connectivity index (χ2n) is 13.7. The van der Waals surface area contributed by atoms with Crippen molar-refractivity contribution in [2.24, 2.45) is 0 Å². The highest BCUT2D eigenvalue weighted by Gasteiger charge is 2.39. The third kappa shape index (κ3) is 8.95. The molecule has 3 N–H and O–H groups in total. The zero-order valence-electron chi connectivity index (χ0n) is 30.2. The third-order valence-electron chi connectivity index (χ3n) is 9.99. The number of carbonyl (C=O) groups excluding carboxylic acids is 4.